The molecule has 0 aliphatic carbocycles. The number of hydrogen-bond donors (Lipinski definition) is 2. The lowest BCUT2D eigenvalue weighted by Gasteiger charge is -2.13. The molecule has 0 spiro atoms. The standard InChI is InChI=1S/C8H11IN2O2/c1-2-13-8(12)11-7-3-6(9)4-10-5-7/h3-4,10H,2,5H2,1H3,(H,11,12). The van der Waals surface area contributed by atoms with E-state index < -0.39 is 6.09 Å². The molecule has 1 heterocycles. The molecule has 1 aliphatic heterocycles. The molecule has 0 unspecified atom stereocenters. The highest BCUT2D eigenvalue weighted by atomic mass is 127. The Morgan fingerprint density at radius 1 is 1.85 bits per heavy atom. The topological polar surface area (TPSA) is 50.4 Å². The van der Waals surface area contributed by atoms with Gasteiger partial charge in [-0.25, -0.2) is 4.79 Å². The van der Waals surface area contributed by atoms with Crippen LogP contribution in [0.5, 0.6) is 0 Å². The lowest BCUT2D eigenvalue weighted by atomic mass is 10.3. The van der Waals surface area contributed by atoms with Crippen LogP contribution < -0.4 is 10.6 Å². The lowest BCUT2D eigenvalue weighted by molar-refractivity contribution is 0.155. The monoisotopic (exact) mass is 294 g/mol. The molecule has 5 heteroatoms. The van der Waals surface area contributed by atoms with Crippen molar-refractivity contribution in [1.29, 1.82) is 0 Å². The molecule has 13 heavy (non-hydrogen) atoms. The van der Waals surface area contributed by atoms with Crippen LogP contribution in [0, 0.1) is 0 Å². The van der Waals surface area contributed by atoms with E-state index in [1.165, 1.54) is 0 Å². The summed E-state index contributed by atoms with van der Waals surface area (Å²) < 4.78 is 5.79. The van der Waals surface area contributed by atoms with Crippen LogP contribution in [-0.2, 0) is 4.74 Å². The Morgan fingerprint density at radius 3 is 3.23 bits per heavy atom. The number of ether oxygens (including phenoxy) is 1. The first-order valence-corrected chi connectivity index (χ1v) is 5.03. The van der Waals surface area contributed by atoms with Crippen molar-refractivity contribution in [3.05, 3.63) is 21.6 Å². The SMILES string of the molecule is CCOC(=O)NC1=CC(I)=CNC1. The Labute approximate surface area is 90.5 Å². The lowest BCUT2D eigenvalue weighted by Crippen LogP contribution is -2.30. The predicted octanol–water partition coefficient (Wildman–Crippen LogP) is 1.50. The van der Waals surface area contributed by atoms with Crippen LogP contribution in [0.1, 0.15) is 6.92 Å². The Kier molecular flexibility index (Phi) is 4.07. The number of amides is 1. The average Bonchev–Trinajstić information content (AvgIpc) is 2.04. The zero-order chi connectivity index (χ0) is 9.68. The minimum Gasteiger partial charge on any atom is -0.450 e. The molecular weight excluding hydrogens is 283 g/mol. The fourth-order valence-corrected chi connectivity index (χ4v) is 1.49. The maximum absolute atomic E-state index is 11.0. The second kappa shape index (κ2) is 5.11. The maximum atomic E-state index is 11.0. The van der Waals surface area contributed by atoms with E-state index in [-0.39, 0.29) is 0 Å². The van der Waals surface area contributed by atoms with Crippen molar-refractivity contribution in [3.8, 4) is 0 Å². The number of carbonyl (C=O) groups is 1. The molecule has 2 N–H and O–H groups in total. The van der Waals surface area contributed by atoms with Gasteiger partial charge in [-0.15, -0.1) is 0 Å². The molecular formula is C8H11IN2O2. The summed E-state index contributed by atoms with van der Waals surface area (Å²) in [6, 6.07) is 0. The van der Waals surface area contributed by atoms with Crippen molar-refractivity contribution in [2.45, 2.75) is 6.92 Å². The van der Waals surface area contributed by atoms with Crippen LogP contribution in [0.2, 0.25) is 0 Å². The van der Waals surface area contributed by atoms with Gasteiger partial charge in [-0.3, -0.25) is 5.32 Å². The summed E-state index contributed by atoms with van der Waals surface area (Å²) in [5.74, 6) is 0. The third kappa shape index (κ3) is 3.67. The molecule has 0 fully saturated rings. The Hall–Kier alpha value is -0.720. The summed E-state index contributed by atoms with van der Waals surface area (Å²) in [7, 11) is 0. The van der Waals surface area contributed by atoms with E-state index in [9.17, 15) is 4.79 Å². The zero-order valence-electron chi connectivity index (χ0n) is 7.26. The van der Waals surface area contributed by atoms with Gasteiger partial charge in [0.15, 0.2) is 0 Å². The molecule has 0 radical (unpaired) electrons. The highest BCUT2D eigenvalue weighted by Gasteiger charge is 2.06. The summed E-state index contributed by atoms with van der Waals surface area (Å²) in [5.41, 5.74) is 0.824. The van der Waals surface area contributed by atoms with Gasteiger partial charge in [0.25, 0.3) is 0 Å². The first-order valence-electron chi connectivity index (χ1n) is 3.95. The molecule has 1 rings (SSSR count). The Morgan fingerprint density at radius 2 is 2.62 bits per heavy atom. The van der Waals surface area contributed by atoms with E-state index in [0.717, 1.165) is 9.28 Å². The van der Waals surface area contributed by atoms with Gasteiger partial charge in [0, 0.05) is 15.5 Å². The third-order valence-corrected chi connectivity index (χ3v) is 2.01. The van der Waals surface area contributed by atoms with Gasteiger partial charge in [0.05, 0.1) is 13.2 Å². The summed E-state index contributed by atoms with van der Waals surface area (Å²) >= 11 is 2.17. The largest absolute Gasteiger partial charge is 0.450 e. The molecule has 0 aromatic carbocycles. The molecule has 0 saturated carbocycles. The quantitative estimate of drug-likeness (QED) is 0.759. The van der Waals surface area contributed by atoms with Crippen molar-refractivity contribution >= 4 is 28.7 Å². The molecule has 4 nitrogen and oxygen atoms in total. The molecule has 72 valence electrons. The van der Waals surface area contributed by atoms with Crippen molar-refractivity contribution in [2.75, 3.05) is 13.2 Å². The highest BCUT2D eigenvalue weighted by Crippen LogP contribution is 2.11. The van der Waals surface area contributed by atoms with Gasteiger partial charge in [0.1, 0.15) is 0 Å². The number of carbonyl (C=O) groups excluding carboxylic acids is 1. The molecule has 0 bridgehead atoms. The van der Waals surface area contributed by atoms with Gasteiger partial charge in [0.2, 0.25) is 0 Å². The number of halogens is 1. The first kappa shape index (κ1) is 10.4. The maximum Gasteiger partial charge on any atom is 0.411 e. The predicted molar refractivity (Wildman–Crippen MR) is 58.3 cm³/mol. The minimum atomic E-state index is -0.401. The third-order valence-electron chi connectivity index (χ3n) is 1.38. The molecule has 0 saturated heterocycles. The molecule has 0 aromatic heterocycles. The molecule has 0 atom stereocenters. The molecule has 0 aromatic rings. The normalized spacial score (nSPS) is 15.2. The smallest absolute Gasteiger partial charge is 0.411 e. The van der Waals surface area contributed by atoms with E-state index in [2.05, 4.69) is 33.2 Å². The van der Waals surface area contributed by atoms with Crippen molar-refractivity contribution < 1.29 is 9.53 Å². The summed E-state index contributed by atoms with van der Waals surface area (Å²) in [6.07, 6.45) is 3.38. The van der Waals surface area contributed by atoms with Crippen LogP contribution in [0.4, 0.5) is 4.79 Å². The summed E-state index contributed by atoms with van der Waals surface area (Å²) in [5, 5.41) is 5.67. The van der Waals surface area contributed by atoms with Gasteiger partial charge in [-0.2, -0.15) is 0 Å². The fraction of sp³-hybridized carbons (Fsp3) is 0.375. The number of hydrogen-bond acceptors (Lipinski definition) is 3. The number of alkyl carbamates (subject to hydrolysis) is 1. The zero-order valence-corrected chi connectivity index (χ0v) is 9.42. The van der Waals surface area contributed by atoms with Crippen LogP contribution in [0.25, 0.3) is 0 Å². The van der Waals surface area contributed by atoms with E-state index >= 15 is 0 Å². The Balaban J connectivity index is 2.45. The second-order valence-corrected chi connectivity index (χ2v) is 3.67. The number of allylic oxidation sites excluding steroid dienone is 2. The van der Waals surface area contributed by atoms with Gasteiger partial charge >= 0.3 is 6.09 Å². The first-order chi connectivity index (χ1) is 6.22. The fourth-order valence-electron chi connectivity index (χ4n) is 0.896. The van der Waals surface area contributed by atoms with Crippen LogP contribution in [0.15, 0.2) is 21.6 Å². The number of nitrogens with one attached hydrogen (secondary N) is 2. The van der Waals surface area contributed by atoms with E-state index in [1.54, 1.807) is 6.92 Å². The van der Waals surface area contributed by atoms with E-state index in [0.29, 0.717) is 13.2 Å². The van der Waals surface area contributed by atoms with Gasteiger partial charge < -0.3 is 10.1 Å². The number of rotatable bonds is 2. The minimum absolute atomic E-state index is 0.388. The van der Waals surface area contributed by atoms with Gasteiger partial charge in [-0.05, 0) is 35.6 Å². The Bertz CT molecular complexity index is 261. The van der Waals surface area contributed by atoms with E-state index in [1.807, 2.05) is 12.3 Å². The van der Waals surface area contributed by atoms with Crippen molar-refractivity contribution in [3.63, 3.8) is 0 Å². The second-order valence-electron chi connectivity index (χ2n) is 2.43. The molecule has 1 aliphatic rings. The van der Waals surface area contributed by atoms with Crippen LogP contribution >= 0.6 is 22.6 Å². The van der Waals surface area contributed by atoms with Crippen molar-refractivity contribution in [2.24, 2.45) is 0 Å². The van der Waals surface area contributed by atoms with Crippen LogP contribution in [-0.4, -0.2) is 19.2 Å². The number of dihydropyridines is 1. The average molecular weight is 294 g/mol. The van der Waals surface area contributed by atoms with Crippen molar-refractivity contribution in [1.82, 2.24) is 10.6 Å². The highest BCUT2D eigenvalue weighted by molar-refractivity contribution is 14.1. The van der Waals surface area contributed by atoms with Crippen LogP contribution in [0.3, 0.4) is 0 Å². The van der Waals surface area contributed by atoms with E-state index in [4.69, 9.17) is 4.74 Å². The van der Waals surface area contributed by atoms with Gasteiger partial charge in [-0.1, -0.05) is 0 Å². The summed E-state index contributed by atoms with van der Waals surface area (Å²) in [6.45, 7) is 2.79. The summed E-state index contributed by atoms with van der Waals surface area (Å²) in [4.78, 5) is 11.0. The molecule has 1 amide bonds.